The van der Waals surface area contributed by atoms with E-state index in [1.165, 1.54) is 4.90 Å². The molecule has 1 rings (SSSR count). The number of nitrogens with one attached hydrogen (secondary N) is 1. The van der Waals surface area contributed by atoms with Crippen molar-refractivity contribution >= 4 is 11.8 Å². The molecule has 0 aromatic heterocycles. The summed E-state index contributed by atoms with van der Waals surface area (Å²) in [6.45, 7) is 5.99. The van der Waals surface area contributed by atoms with Crippen LogP contribution in [-0.2, 0) is 0 Å². The van der Waals surface area contributed by atoms with Crippen molar-refractivity contribution in [2.24, 2.45) is 0 Å². The number of hydrogen-bond acceptors (Lipinski definition) is 3. The van der Waals surface area contributed by atoms with Crippen LogP contribution in [-0.4, -0.2) is 26.0 Å². The lowest BCUT2D eigenvalue weighted by Crippen LogP contribution is -2.20. The molecule has 0 unspecified atom stereocenters. The Morgan fingerprint density at radius 1 is 1.47 bits per heavy atom. The molecule has 0 saturated heterocycles. The van der Waals surface area contributed by atoms with E-state index in [0.717, 1.165) is 18.8 Å². The van der Waals surface area contributed by atoms with Crippen LogP contribution >= 0.6 is 11.8 Å². The highest BCUT2D eigenvalue weighted by molar-refractivity contribution is 7.98. The van der Waals surface area contributed by atoms with Gasteiger partial charge in [0.25, 0.3) is 0 Å². The summed E-state index contributed by atoms with van der Waals surface area (Å²) >= 11 is 1.70. The second kappa shape index (κ2) is 7.37. The molecule has 1 aromatic rings. The highest BCUT2D eigenvalue weighted by atomic mass is 32.2. The van der Waals surface area contributed by atoms with E-state index in [0.29, 0.717) is 6.61 Å². The van der Waals surface area contributed by atoms with Gasteiger partial charge in [-0.1, -0.05) is 18.2 Å². The van der Waals surface area contributed by atoms with Gasteiger partial charge in [-0.2, -0.15) is 0 Å². The molecular formula is C12H17NOS. The Morgan fingerprint density at radius 2 is 2.27 bits per heavy atom. The summed E-state index contributed by atoms with van der Waals surface area (Å²) in [7, 11) is 0. The van der Waals surface area contributed by atoms with Gasteiger partial charge in [0.2, 0.25) is 0 Å². The van der Waals surface area contributed by atoms with Crippen molar-refractivity contribution < 1.29 is 4.74 Å². The zero-order valence-electron chi connectivity index (χ0n) is 9.03. The summed E-state index contributed by atoms with van der Waals surface area (Å²) in [6.07, 6.45) is 3.90. The Morgan fingerprint density at radius 3 is 3.00 bits per heavy atom. The summed E-state index contributed by atoms with van der Waals surface area (Å²) < 4.78 is 5.66. The third kappa shape index (κ3) is 4.40. The highest BCUT2D eigenvalue weighted by Crippen LogP contribution is 2.26. The molecule has 0 amide bonds. The van der Waals surface area contributed by atoms with Crippen molar-refractivity contribution in [3.8, 4) is 5.75 Å². The van der Waals surface area contributed by atoms with E-state index in [1.807, 2.05) is 24.3 Å². The number of rotatable bonds is 7. The predicted octanol–water partition coefficient (Wildman–Crippen LogP) is 2.56. The van der Waals surface area contributed by atoms with Crippen LogP contribution in [0.1, 0.15) is 0 Å². The fraction of sp³-hybridized carbons (Fsp3) is 0.333. The van der Waals surface area contributed by atoms with Crippen LogP contribution in [0.5, 0.6) is 5.75 Å². The van der Waals surface area contributed by atoms with E-state index in [9.17, 15) is 0 Å². The Bertz CT molecular complexity index is 301. The fourth-order valence-corrected chi connectivity index (χ4v) is 1.72. The Labute approximate surface area is 95.7 Å². The Balaban J connectivity index is 2.33. The van der Waals surface area contributed by atoms with Gasteiger partial charge in [-0.05, 0) is 18.4 Å². The van der Waals surface area contributed by atoms with E-state index >= 15 is 0 Å². The first kappa shape index (κ1) is 12.1. The number of ether oxygens (including phenoxy) is 1. The van der Waals surface area contributed by atoms with Gasteiger partial charge >= 0.3 is 0 Å². The molecule has 0 aliphatic heterocycles. The number of benzene rings is 1. The molecule has 0 aliphatic rings. The molecule has 0 bridgehead atoms. The van der Waals surface area contributed by atoms with Gasteiger partial charge in [0.05, 0.1) is 0 Å². The second-order valence-electron chi connectivity index (χ2n) is 2.99. The van der Waals surface area contributed by atoms with Crippen molar-refractivity contribution in [3.63, 3.8) is 0 Å². The molecular weight excluding hydrogens is 206 g/mol. The van der Waals surface area contributed by atoms with Crippen LogP contribution in [0.15, 0.2) is 41.8 Å². The lowest BCUT2D eigenvalue weighted by Gasteiger charge is -2.09. The molecule has 0 aliphatic carbocycles. The summed E-state index contributed by atoms with van der Waals surface area (Å²) in [4.78, 5) is 1.18. The zero-order valence-corrected chi connectivity index (χ0v) is 9.85. The molecule has 0 fully saturated rings. The molecule has 0 radical (unpaired) electrons. The summed E-state index contributed by atoms with van der Waals surface area (Å²) in [5, 5.41) is 3.19. The third-order valence-electron chi connectivity index (χ3n) is 1.89. The Kier molecular flexibility index (Phi) is 5.97. The first-order valence-electron chi connectivity index (χ1n) is 4.96. The largest absolute Gasteiger partial charge is 0.491 e. The Hall–Kier alpha value is -0.930. The normalized spacial score (nSPS) is 9.93. The number of hydrogen-bond donors (Lipinski definition) is 1. The fourth-order valence-electron chi connectivity index (χ4n) is 1.18. The number of thioether (sulfide) groups is 1. The molecule has 2 nitrogen and oxygen atoms in total. The molecule has 0 spiro atoms. The summed E-state index contributed by atoms with van der Waals surface area (Å²) in [5.41, 5.74) is 0. The maximum Gasteiger partial charge on any atom is 0.132 e. The maximum atomic E-state index is 5.66. The topological polar surface area (TPSA) is 21.3 Å². The third-order valence-corrected chi connectivity index (χ3v) is 2.67. The molecule has 3 heteroatoms. The smallest absolute Gasteiger partial charge is 0.132 e. The van der Waals surface area contributed by atoms with Crippen LogP contribution in [0.25, 0.3) is 0 Å². The van der Waals surface area contributed by atoms with Gasteiger partial charge in [0.15, 0.2) is 0 Å². The standard InChI is InChI=1S/C12H17NOS/c1-3-8-13-9-10-14-11-6-4-5-7-12(11)15-2/h3-7,13H,1,8-10H2,2H3. The molecule has 82 valence electrons. The van der Waals surface area contributed by atoms with Crippen molar-refractivity contribution in [1.29, 1.82) is 0 Å². The van der Waals surface area contributed by atoms with Gasteiger partial charge in [-0.15, -0.1) is 18.3 Å². The second-order valence-corrected chi connectivity index (χ2v) is 3.84. The lowest BCUT2D eigenvalue weighted by atomic mass is 10.3. The van der Waals surface area contributed by atoms with Crippen molar-refractivity contribution in [2.45, 2.75) is 4.90 Å². The van der Waals surface area contributed by atoms with E-state index in [2.05, 4.69) is 24.2 Å². The monoisotopic (exact) mass is 223 g/mol. The van der Waals surface area contributed by atoms with Gasteiger partial charge in [-0.3, -0.25) is 0 Å². The lowest BCUT2D eigenvalue weighted by molar-refractivity contribution is 0.309. The molecule has 15 heavy (non-hydrogen) atoms. The van der Waals surface area contributed by atoms with Crippen LogP contribution in [0.3, 0.4) is 0 Å². The minimum absolute atomic E-state index is 0.686. The minimum Gasteiger partial charge on any atom is -0.491 e. The van der Waals surface area contributed by atoms with E-state index < -0.39 is 0 Å². The highest BCUT2D eigenvalue weighted by Gasteiger charge is 1.99. The first-order valence-corrected chi connectivity index (χ1v) is 6.18. The van der Waals surface area contributed by atoms with E-state index in [1.54, 1.807) is 11.8 Å². The van der Waals surface area contributed by atoms with Gasteiger partial charge in [-0.25, -0.2) is 0 Å². The zero-order chi connectivity index (χ0) is 10.9. The number of para-hydroxylation sites is 1. The molecule has 0 saturated carbocycles. The van der Waals surface area contributed by atoms with Crippen molar-refractivity contribution in [2.75, 3.05) is 26.0 Å². The molecule has 1 N–H and O–H groups in total. The van der Waals surface area contributed by atoms with Gasteiger partial charge < -0.3 is 10.1 Å². The van der Waals surface area contributed by atoms with Crippen LogP contribution in [0, 0.1) is 0 Å². The molecule has 0 atom stereocenters. The van der Waals surface area contributed by atoms with E-state index in [-0.39, 0.29) is 0 Å². The summed E-state index contributed by atoms with van der Waals surface area (Å²) in [6, 6.07) is 8.08. The van der Waals surface area contributed by atoms with E-state index in [4.69, 9.17) is 4.74 Å². The van der Waals surface area contributed by atoms with Gasteiger partial charge in [0, 0.05) is 18.0 Å². The molecule has 0 heterocycles. The summed E-state index contributed by atoms with van der Waals surface area (Å²) in [5.74, 6) is 0.963. The van der Waals surface area contributed by atoms with Gasteiger partial charge in [0.1, 0.15) is 12.4 Å². The average molecular weight is 223 g/mol. The molecule has 1 aromatic carbocycles. The SMILES string of the molecule is C=CCNCCOc1ccccc1SC. The van der Waals surface area contributed by atoms with Crippen molar-refractivity contribution in [3.05, 3.63) is 36.9 Å². The van der Waals surface area contributed by atoms with Crippen LogP contribution < -0.4 is 10.1 Å². The average Bonchev–Trinajstić information content (AvgIpc) is 2.29. The minimum atomic E-state index is 0.686. The predicted molar refractivity (Wildman–Crippen MR) is 66.8 cm³/mol. The van der Waals surface area contributed by atoms with Crippen LogP contribution in [0.2, 0.25) is 0 Å². The quantitative estimate of drug-likeness (QED) is 0.436. The maximum absolute atomic E-state index is 5.66. The van der Waals surface area contributed by atoms with Crippen molar-refractivity contribution in [1.82, 2.24) is 5.32 Å². The van der Waals surface area contributed by atoms with Crippen LogP contribution in [0.4, 0.5) is 0 Å². The first-order chi connectivity index (χ1) is 7.38.